The van der Waals surface area contributed by atoms with Crippen LogP contribution in [0, 0.1) is 0 Å². The van der Waals surface area contributed by atoms with Gasteiger partial charge in [-0.05, 0) is 12.0 Å². The lowest BCUT2D eigenvalue weighted by Gasteiger charge is -2.25. The first-order chi connectivity index (χ1) is 6.79. The van der Waals surface area contributed by atoms with Crippen LogP contribution in [0.5, 0.6) is 0 Å². The van der Waals surface area contributed by atoms with E-state index in [1.165, 1.54) is 0 Å². The Morgan fingerprint density at radius 3 is 2.57 bits per heavy atom. The third kappa shape index (κ3) is 1.26. The highest BCUT2D eigenvalue weighted by atomic mass is 16.1. The van der Waals surface area contributed by atoms with Crippen LogP contribution in [0.4, 0.5) is 0 Å². The predicted molar refractivity (Wildman–Crippen MR) is 56.3 cm³/mol. The zero-order chi connectivity index (χ0) is 10.0. The lowest BCUT2D eigenvalue weighted by atomic mass is 9.77. The molecule has 1 N–H and O–H groups in total. The van der Waals surface area contributed by atoms with E-state index in [0.29, 0.717) is 12.3 Å². The monoisotopic (exact) mass is 189 g/mol. The van der Waals surface area contributed by atoms with Gasteiger partial charge in [-0.1, -0.05) is 37.3 Å². The number of rotatable bonds is 2. The van der Waals surface area contributed by atoms with Crippen LogP contribution in [0.3, 0.4) is 0 Å². The summed E-state index contributed by atoms with van der Waals surface area (Å²) in [7, 11) is 0. The van der Waals surface area contributed by atoms with E-state index in [0.717, 1.165) is 18.5 Å². The molecule has 0 bridgehead atoms. The molecule has 1 unspecified atom stereocenters. The van der Waals surface area contributed by atoms with Crippen LogP contribution in [-0.4, -0.2) is 18.9 Å². The summed E-state index contributed by atoms with van der Waals surface area (Å²) in [6.45, 7) is 3.38. The van der Waals surface area contributed by atoms with E-state index in [2.05, 4.69) is 24.4 Å². The van der Waals surface area contributed by atoms with Crippen molar-refractivity contribution in [2.45, 2.75) is 18.8 Å². The first-order valence-corrected chi connectivity index (χ1v) is 5.09. The standard InChI is InChI=1S/C12H15NO/c1-2-12(9-13-8-11(12)14)10-6-4-3-5-7-10/h3-7,13H,2,8-9H2,1H3. The maximum Gasteiger partial charge on any atom is 0.158 e. The second-order valence-electron chi connectivity index (χ2n) is 3.83. The Balaban J connectivity index is 2.43. The molecule has 2 nitrogen and oxygen atoms in total. The Bertz CT molecular complexity index is 333. The zero-order valence-electron chi connectivity index (χ0n) is 8.42. The summed E-state index contributed by atoms with van der Waals surface area (Å²) < 4.78 is 0. The van der Waals surface area contributed by atoms with Gasteiger partial charge in [-0.25, -0.2) is 0 Å². The van der Waals surface area contributed by atoms with Crippen molar-refractivity contribution in [2.75, 3.05) is 13.1 Å². The molecule has 1 aromatic rings. The molecule has 0 spiro atoms. The number of carbonyl (C=O) groups is 1. The summed E-state index contributed by atoms with van der Waals surface area (Å²) in [5, 5.41) is 3.16. The van der Waals surface area contributed by atoms with Gasteiger partial charge in [-0.15, -0.1) is 0 Å². The highest BCUT2D eigenvalue weighted by molar-refractivity contribution is 5.94. The van der Waals surface area contributed by atoms with Crippen LogP contribution >= 0.6 is 0 Å². The minimum absolute atomic E-state index is 0.263. The molecule has 1 aliphatic rings. The van der Waals surface area contributed by atoms with Gasteiger partial charge in [0.15, 0.2) is 5.78 Å². The van der Waals surface area contributed by atoms with Gasteiger partial charge in [-0.2, -0.15) is 0 Å². The summed E-state index contributed by atoms with van der Waals surface area (Å²) in [6.07, 6.45) is 0.878. The van der Waals surface area contributed by atoms with Gasteiger partial charge in [0.05, 0.1) is 12.0 Å². The van der Waals surface area contributed by atoms with Crippen LogP contribution in [0.1, 0.15) is 18.9 Å². The quantitative estimate of drug-likeness (QED) is 0.764. The molecule has 1 aliphatic heterocycles. The van der Waals surface area contributed by atoms with Crippen LogP contribution in [0.25, 0.3) is 0 Å². The first-order valence-electron chi connectivity index (χ1n) is 5.09. The highest BCUT2D eigenvalue weighted by Gasteiger charge is 2.41. The number of Topliss-reactive ketones (excluding diaryl/α,β-unsaturated/α-hetero) is 1. The Labute approximate surface area is 84.3 Å². The molecule has 1 atom stereocenters. The lowest BCUT2D eigenvalue weighted by Crippen LogP contribution is -2.34. The molecule has 2 rings (SSSR count). The molecule has 1 heterocycles. The Morgan fingerprint density at radius 1 is 1.36 bits per heavy atom. The Hall–Kier alpha value is -1.15. The maximum atomic E-state index is 11.9. The number of benzene rings is 1. The van der Waals surface area contributed by atoms with Crippen molar-refractivity contribution in [1.29, 1.82) is 0 Å². The van der Waals surface area contributed by atoms with E-state index in [1.807, 2.05) is 18.2 Å². The third-order valence-electron chi connectivity index (χ3n) is 3.18. The average Bonchev–Trinajstić information content (AvgIpc) is 2.62. The largest absolute Gasteiger partial charge is 0.309 e. The van der Waals surface area contributed by atoms with Gasteiger partial charge in [0.2, 0.25) is 0 Å². The molecule has 1 aromatic carbocycles. The lowest BCUT2D eigenvalue weighted by molar-refractivity contribution is -0.121. The minimum Gasteiger partial charge on any atom is -0.309 e. The zero-order valence-corrected chi connectivity index (χ0v) is 8.42. The van der Waals surface area contributed by atoms with E-state index in [4.69, 9.17) is 0 Å². The van der Waals surface area contributed by atoms with Crippen LogP contribution in [0.15, 0.2) is 30.3 Å². The fraction of sp³-hybridized carbons (Fsp3) is 0.417. The second-order valence-corrected chi connectivity index (χ2v) is 3.83. The molecular formula is C12H15NO. The van der Waals surface area contributed by atoms with Gasteiger partial charge >= 0.3 is 0 Å². The Kier molecular flexibility index (Phi) is 2.38. The number of hydrogen-bond acceptors (Lipinski definition) is 2. The van der Waals surface area contributed by atoms with Crippen molar-refractivity contribution in [3.63, 3.8) is 0 Å². The third-order valence-corrected chi connectivity index (χ3v) is 3.18. The molecule has 74 valence electrons. The van der Waals surface area contributed by atoms with E-state index in [-0.39, 0.29) is 5.41 Å². The van der Waals surface area contributed by atoms with E-state index < -0.39 is 0 Å². The van der Waals surface area contributed by atoms with E-state index >= 15 is 0 Å². The molecule has 14 heavy (non-hydrogen) atoms. The molecule has 0 amide bonds. The Morgan fingerprint density at radius 2 is 2.07 bits per heavy atom. The van der Waals surface area contributed by atoms with Gasteiger partial charge in [0.25, 0.3) is 0 Å². The topological polar surface area (TPSA) is 29.1 Å². The summed E-state index contributed by atoms with van der Waals surface area (Å²) in [6, 6.07) is 10.1. The van der Waals surface area contributed by atoms with Gasteiger partial charge in [-0.3, -0.25) is 4.79 Å². The number of ketones is 1. The van der Waals surface area contributed by atoms with Crippen LogP contribution in [-0.2, 0) is 10.2 Å². The number of carbonyl (C=O) groups excluding carboxylic acids is 1. The number of nitrogens with one attached hydrogen (secondary N) is 1. The molecule has 0 aliphatic carbocycles. The van der Waals surface area contributed by atoms with Crippen molar-refractivity contribution < 1.29 is 4.79 Å². The number of hydrogen-bond donors (Lipinski definition) is 1. The van der Waals surface area contributed by atoms with Crippen LogP contribution < -0.4 is 5.32 Å². The van der Waals surface area contributed by atoms with Crippen LogP contribution in [0.2, 0.25) is 0 Å². The smallest absolute Gasteiger partial charge is 0.158 e. The fourth-order valence-corrected chi connectivity index (χ4v) is 2.20. The summed E-state index contributed by atoms with van der Waals surface area (Å²) in [5.41, 5.74) is 0.888. The van der Waals surface area contributed by atoms with Gasteiger partial charge < -0.3 is 5.32 Å². The molecule has 0 radical (unpaired) electrons. The molecule has 0 saturated carbocycles. The summed E-state index contributed by atoms with van der Waals surface area (Å²) >= 11 is 0. The molecule has 2 heteroatoms. The summed E-state index contributed by atoms with van der Waals surface area (Å²) in [5.74, 6) is 0.325. The van der Waals surface area contributed by atoms with E-state index in [9.17, 15) is 4.79 Å². The summed E-state index contributed by atoms with van der Waals surface area (Å²) in [4.78, 5) is 11.9. The fourth-order valence-electron chi connectivity index (χ4n) is 2.20. The van der Waals surface area contributed by atoms with Crippen molar-refractivity contribution in [3.8, 4) is 0 Å². The van der Waals surface area contributed by atoms with Crippen molar-refractivity contribution in [1.82, 2.24) is 5.32 Å². The first kappa shape index (κ1) is 9.41. The minimum atomic E-state index is -0.263. The second kappa shape index (κ2) is 3.54. The van der Waals surface area contributed by atoms with Crippen molar-refractivity contribution in [3.05, 3.63) is 35.9 Å². The average molecular weight is 189 g/mol. The van der Waals surface area contributed by atoms with Crippen molar-refractivity contribution in [2.24, 2.45) is 0 Å². The maximum absolute atomic E-state index is 11.9. The SMILES string of the molecule is CCC1(c2ccccc2)CNCC1=O. The highest BCUT2D eigenvalue weighted by Crippen LogP contribution is 2.31. The molecule has 0 aromatic heterocycles. The molecular weight excluding hydrogens is 174 g/mol. The van der Waals surface area contributed by atoms with Crippen molar-refractivity contribution >= 4 is 5.78 Å². The van der Waals surface area contributed by atoms with Gasteiger partial charge in [0.1, 0.15) is 0 Å². The predicted octanol–water partition coefficient (Wildman–Crippen LogP) is 1.51. The van der Waals surface area contributed by atoms with Gasteiger partial charge in [0, 0.05) is 6.54 Å². The normalized spacial score (nSPS) is 26.8. The molecule has 1 saturated heterocycles. The van der Waals surface area contributed by atoms with E-state index in [1.54, 1.807) is 0 Å². The molecule has 1 fully saturated rings.